The second-order valence-corrected chi connectivity index (χ2v) is 7.97. The summed E-state index contributed by atoms with van der Waals surface area (Å²) >= 11 is 6.08. The van der Waals surface area contributed by atoms with E-state index in [0.29, 0.717) is 5.69 Å². The van der Waals surface area contributed by atoms with E-state index in [1.165, 1.54) is 25.6 Å². The number of fused-ring (bicyclic) bond motifs is 1. The molecule has 3 N–H and O–H groups in total. The van der Waals surface area contributed by atoms with Crippen LogP contribution in [0.25, 0.3) is 0 Å². The van der Waals surface area contributed by atoms with E-state index in [2.05, 4.69) is 29.2 Å². The number of halogens is 1. The molecule has 8 heteroatoms. The van der Waals surface area contributed by atoms with E-state index in [4.69, 9.17) is 11.6 Å². The molecular weight excluding hydrogens is 398 g/mol. The van der Waals surface area contributed by atoms with Gasteiger partial charge in [-0.3, -0.25) is 4.79 Å². The Hall–Kier alpha value is -2.09. The smallest absolute Gasteiger partial charge is 0.255 e. The van der Waals surface area contributed by atoms with E-state index < -0.39 is 16.2 Å². The lowest BCUT2D eigenvalue weighted by Crippen LogP contribution is -2.38. The number of amides is 1. The molecule has 0 aliphatic carbocycles. The van der Waals surface area contributed by atoms with Crippen LogP contribution in [0.15, 0.2) is 47.4 Å². The molecule has 28 heavy (non-hydrogen) atoms. The summed E-state index contributed by atoms with van der Waals surface area (Å²) in [5.74, 6) is -0.364. The molecule has 1 aliphatic heterocycles. The monoisotopic (exact) mass is 425 g/mol. The minimum absolute atomic E-state index is 0.0483. The van der Waals surface area contributed by atoms with Crippen LogP contribution in [0, 0.1) is 0 Å². The van der Waals surface area contributed by atoms with Gasteiger partial charge in [0.25, 0.3) is 5.91 Å². The number of carbonyl (C=O) groups excluding carboxylic acids is 1. The summed E-state index contributed by atoms with van der Waals surface area (Å²) in [6, 6.07) is 12.1. The first kappa shape index (κ1) is 23.9. The molecule has 1 amide bonds. The number of hydrogen-bond acceptors (Lipinski definition) is 4. The minimum Gasteiger partial charge on any atom is -0.361 e. The molecule has 0 spiro atoms. The van der Waals surface area contributed by atoms with Gasteiger partial charge in [-0.2, -0.15) is 0 Å². The van der Waals surface area contributed by atoms with Crippen molar-refractivity contribution < 1.29 is 13.2 Å². The summed E-state index contributed by atoms with van der Waals surface area (Å²) in [6.45, 7) is 8.25. The Balaban J connectivity index is 0.000000717. The van der Waals surface area contributed by atoms with Gasteiger partial charge in [0.05, 0.1) is 16.3 Å². The number of benzene rings is 2. The molecule has 154 valence electrons. The van der Waals surface area contributed by atoms with Crippen LogP contribution in [-0.4, -0.2) is 21.4 Å². The molecule has 1 unspecified atom stereocenters. The lowest BCUT2D eigenvalue weighted by Gasteiger charge is -2.28. The number of carbonyl (C=O) groups is 1. The van der Waals surface area contributed by atoms with E-state index >= 15 is 0 Å². The zero-order chi connectivity index (χ0) is 21.3. The topological polar surface area (TPSA) is 87.3 Å². The maximum absolute atomic E-state index is 12.3. The normalized spacial score (nSPS) is 14.9. The largest absolute Gasteiger partial charge is 0.361 e. The van der Waals surface area contributed by atoms with Crippen LogP contribution in [0.3, 0.4) is 0 Å². The van der Waals surface area contributed by atoms with Gasteiger partial charge in [-0.05, 0) is 24.7 Å². The van der Waals surface area contributed by atoms with Gasteiger partial charge >= 0.3 is 0 Å². The molecule has 2 aromatic rings. The Bertz CT molecular complexity index is 887. The van der Waals surface area contributed by atoms with E-state index in [-0.39, 0.29) is 21.4 Å². The second-order valence-electron chi connectivity index (χ2n) is 5.70. The maximum atomic E-state index is 12.3. The predicted molar refractivity (Wildman–Crippen MR) is 115 cm³/mol. The molecule has 3 rings (SSSR count). The van der Waals surface area contributed by atoms with Crippen LogP contribution < -0.4 is 15.4 Å². The standard InChI is InChI=1S/C15H14ClN3O3S.C3H8.C2H6/c1-17-23(21,22)13-7-10-12(8-11(13)16)18-14(19-15(10)20)9-5-3-2-4-6-9;1-3-2;1-2/h2-8,14,17-18H,1H3,(H,19,20);3H2,1-2H3;1-2H3. The zero-order valence-electron chi connectivity index (χ0n) is 16.8. The van der Waals surface area contributed by atoms with Crippen molar-refractivity contribution in [3.63, 3.8) is 0 Å². The molecule has 0 saturated heterocycles. The van der Waals surface area contributed by atoms with Crippen molar-refractivity contribution in [1.29, 1.82) is 0 Å². The Morgan fingerprint density at radius 1 is 1.07 bits per heavy atom. The fourth-order valence-electron chi connectivity index (χ4n) is 2.39. The van der Waals surface area contributed by atoms with E-state index in [1.54, 1.807) is 0 Å². The fourth-order valence-corrected chi connectivity index (χ4v) is 3.67. The average molecular weight is 426 g/mol. The summed E-state index contributed by atoms with van der Waals surface area (Å²) in [7, 11) is -2.45. The van der Waals surface area contributed by atoms with Gasteiger partial charge in [0.1, 0.15) is 11.1 Å². The molecule has 2 aromatic carbocycles. The van der Waals surface area contributed by atoms with Crippen molar-refractivity contribution in [1.82, 2.24) is 10.0 Å². The Morgan fingerprint density at radius 2 is 1.64 bits per heavy atom. The van der Waals surface area contributed by atoms with Crippen molar-refractivity contribution in [2.45, 2.75) is 45.2 Å². The number of hydrogen-bond donors (Lipinski definition) is 3. The summed E-state index contributed by atoms with van der Waals surface area (Å²) in [5, 5.41) is 5.99. The molecular formula is C20H28ClN3O3S. The molecule has 0 aromatic heterocycles. The molecule has 0 radical (unpaired) electrons. The third-order valence-corrected chi connectivity index (χ3v) is 5.46. The van der Waals surface area contributed by atoms with Gasteiger partial charge in [-0.25, -0.2) is 13.1 Å². The quantitative estimate of drug-likeness (QED) is 0.673. The first-order valence-corrected chi connectivity index (χ1v) is 11.1. The van der Waals surface area contributed by atoms with Crippen LogP contribution >= 0.6 is 11.6 Å². The van der Waals surface area contributed by atoms with E-state index in [9.17, 15) is 13.2 Å². The van der Waals surface area contributed by atoms with Gasteiger partial charge in [0.2, 0.25) is 10.0 Å². The zero-order valence-corrected chi connectivity index (χ0v) is 18.4. The van der Waals surface area contributed by atoms with Gasteiger partial charge in [0, 0.05) is 0 Å². The molecule has 1 atom stereocenters. The average Bonchev–Trinajstić information content (AvgIpc) is 2.70. The number of sulfonamides is 1. The SMILES string of the molecule is CC.CCC.CNS(=O)(=O)c1cc2c(cc1Cl)NC(c1ccccc1)NC2=O. The van der Waals surface area contributed by atoms with Crippen LogP contribution in [-0.2, 0) is 10.0 Å². The van der Waals surface area contributed by atoms with Crippen molar-refractivity contribution in [3.05, 3.63) is 58.6 Å². The van der Waals surface area contributed by atoms with Crippen LogP contribution in [0.5, 0.6) is 0 Å². The Morgan fingerprint density at radius 3 is 2.18 bits per heavy atom. The van der Waals surface area contributed by atoms with E-state index in [0.717, 1.165) is 5.56 Å². The summed E-state index contributed by atoms with van der Waals surface area (Å²) in [5.41, 5.74) is 1.60. The first-order valence-electron chi connectivity index (χ1n) is 9.23. The highest BCUT2D eigenvalue weighted by atomic mass is 35.5. The lowest BCUT2D eigenvalue weighted by molar-refractivity contribution is 0.0935. The number of anilines is 1. The third kappa shape index (κ3) is 5.70. The van der Waals surface area contributed by atoms with Crippen LogP contribution in [0.4, 0.5) is 5.69 Å². The predicted octanol–water partition coefficient (Wildman–Crippen LogP) is 4.54. The van der Waals surface area contributed by atoms with Crippen molar-refractivity contribution >= 4 is 33.2 Å². The number of nitrogens with one attached hydrogen (secondary N) is 3. The van der Waals surface area contributed by atoms with Gasteiger partial charge in [0.15, 0.2) is 0 Å². The Kier molecular flexibility index (Phi) is 9.45. The van der Waals surface area contributed by atoms with Gasteiger partial charge < -0.3 is 10.6 Å². The summed E-state index contributed by atoms with van der Waals surface area (Å²) < 4.78 is 26.1. The molecule has 6 nitrogen and oxygen atoms in total. The molecule has 1 heterocycles. The van der Waals surface area contributed by atoms with Gasteiger partial charge in [-0.1, -0.05) is 76.0 Å². The molecule has 0 bridgehead atoms. The Labute approximate surface area is 172 Å². The second kappa shape index (κ2) is 11.0. The number of rotatable bonds is 3. The molecule has 1 aliphatic rings. The fraction of sp³-hybridized carbons (Fsp3) is 0.350. The highest BCUT2D eigenvalue weighted by molar-refractivity contribution is 7.89. The molecule has 0 saturated carbocycles. The summed E-state index contributed by atoms with van der Waals surface area (Å²) in [6.07, 6.45) is 0.846. The third-order valence-electron chi connectivity index (χ3n) is 3.58. The van der Waals surface area contributed by atoms with Crippen molar-refractivity contribution in [2.24, 2.45) is 0 Å². The first-order chi connectivity index (χ1) is 13.3. The van der Waals surface area contributed by atoms with E-state index in [1.807, 2.05) is 44.2 Å². The summed E-state index contributed by atoms with van der Waals surface area (Å²) in [4.78, 5) is 12.2. The van der Waals surface area contributed by atoms with Crippen molar-refractivity contribution in [3.8, 4) is 0 Å². The minimum atomic E-state index is -3.74. The highest BCUT2D eigenvalue weighted by Gasteiger charge is 2.28. The highest BCUT2D eigenvalue weighted by Crippen LogP contribution is 2.33. The lowest BCUT2D eigenvalue weighted by atomic mass is 10.1. The molecule has 0 fully saturated rings. The van der Waals surface area contributed by atoms with Crippen molar-refractivity contribution in [2.75, 3.05) is 12.4 Å². The maximum Gasteiger partial charge on any atom is 0.255 e. The van der Waals surface area contributed by atoms with Crippen LogP contribution in [0.2, 0.25) is 5.02 Å². The van der Waals surface area contributed by atoms with Gasteiger partial charge in [-0.15, -0.1) is 0 Å². The van der Waals surface area contributed by atoms with Crippen LogP contribution in [0.1, 0.15) is 56.2 Å².